The minimum absolute atomic E-state index is 0.0317. The van der Waals surface area contributed by atoms with Crippen molar-refractivity contribution in [3.05, 3.63) is 78.3 Å². The van der Waals surface area contributed by atoms with Crippen LogP contribution in [0.3, 0.4) is 0 Å². The van der Waals surface area contributed by atoms with Gasteiger partial charge in [-0.2, -0.15) is 0 Å². The van der Waals surface area contributed by atoms with Gasteiger partial charge in [-0.1, -0.05) is 6.07 Å². The second kappa shape index (κ2) is 8.66. The number of aryl methyl sites for hydroxylation is 1. The topological polar surface area (TPSA) is 97.6 Å². The number of carbonyl (C=O) groups excluding carboxylic acids is 1. The zero-order valence-electron chi connectivity index (χ0n) is 15.9. The van der Waals surface area contributed by atoms with Crippen molar-refractivity contribution in [2.75, 3.05) is 17.1 Å². The molecule has 1 heterocycles. The fourth-order valence-electron chi connectivity index (χ4n) is 2.49. The van der Waals surface area contributed by atoms with E-state index >= 15 is 0 Å². The third-order valence-electron chi connectivity index (χ3n) is 4.06. The van der Waals surface area contributed by atoms with Crippen molar-refractivity contribution in [2.45, 2.75) is 11.8 Å². The van der Waals surface area contributed by atoms with Gasteiger partial charge in [0.25, 0.3) is 10.0 Å². The molecule has 0 bridgehead atoms. The molecule has 2 aromatic carbocycles. The van der Waals surface area contributed by atoms with Gasteiger partial charge in [-0.25, -0.2) is 8.42 Å². The molecule has 3 rings (SSSR count). The van der Waals surface area contributed by atoms with Crippen LogP contribution in [0.15, 0.2) is 76.2 Å². The van der Waals surface area contributed by atoms with Gasteiger partial charge in [0, 0.05) is 17.5 Å². The van der Waals surface area contributed by atoms with E-state index in [0.717, 1.165) is 5.56 Å². The Balaban J connectivity index is 1.76. The van der Waals surface area contributed by atoms with E-state index in [1.54, 1.807) is 49.4 Å². The molecular formula is C21H20N2O5S. The monoisotopic (exact) mass is 412 g/mol. The summed E-state index contributed by atoms with van der Waals surface area (Å²) in [7, 11) is -2.30. The third-order valence-corrected chi connectivity index (χ3v) is 5.44. The molecule has 150 valence electrons. The first-order valence-corrected chi connectivity index (χ1v) is 10.2. The van der Waals surface area contributed by atoms with E-state index in [1.807, 2.05) is 0 Å². The van der Waals surface area contributed by atoms with Crippen molar-refractivity contribution in [3.63, 3.8) is 0 Å². The zero-order valence-corrected chi connectivity index (χ0v) is 16.7. The van der Waals surface area contributed by atoms with E-state index in [4.69, 9.17) is 9.15 Å². The lowest BCUT2D eigenvalue weighted by Gasteiger charge is -2.12. The Morgan fingerprint density at radius 3 is 2.52 bits per heavy atom. The number of methoxy groups -OCH3 is 1. The van der Waals surface area contributed by atoms with Crippen molar-refractivity contribution in [3.8, 4) is 5.75 Å². The molecule has 0 atom stereocenters. The molecule has 8 heteroatoms. The second-order valence-electron chi connectivity index (χ2n) is 6.15. The predicted octanol–water partition coefficient (Wildman–Crippen LogP) is 4.05. The van der Waals surface area contributed by atoms with Crippen LogP contribution < -0.4 is 14.8 Å². The maximum atomic E-state index is 12.7. The average molecular weight is 412 g/mol. The number of anilines is 2. The van der Waals surface area contributed by atoms with Gasteiger partial charge in [-0.15, -0.1) is 0 Å². The van der Waals surface area contributed by atoms with Crippen LogP contribution in [0.4, 0.5) is 11.4 Å². The van der Waals surface area contributed by atoms with Crippen molar-refractivity contribution in [1.29, 1.82) is 0 Å². The SMILES string of the molecule is COc1ccc(NS(=O)(=O)c2ccc(C)c(NC(=O)C=Cc3ccco3)c2)cc1. The van der Waals surface area contributed by atoms with E-state index in [9.17, 15) is 13.2 Å². The molecule has 0 aliphatic heterocycles. The molecule has 1 aromatic heterocycles. The molecule has 3 aromatic rings. The van der Waals surface area contributed by atoms with Crippen LogP contribution in [-0.4, -0.2) is 21.4 Å². The van der Waals surface area contributed by atoms with Gasteiger partial charge in [-0.05, 0) is 67.1 Å². The van der Waals surface area contributed by atoms with Gasteiger partial charge in [0.2, 0.25) is 5.91 Å². The Hall–Kier alpha value is -3.52. The summed E-state index contributed by atoms with van der Waals surface area (Å²) in [5.74, 6) is 0.759. The number of hydrogen-bond donors (Lipinski definition) is 2. The van der Waals surface area contributed by atoms with Gasteiger partial charge >= 0.3 is 0 Å². The number of benzene rings is 2. The largest absolute Gasteiger partial charge is 0.497 e. The van der Waals surface area contributed by atoms with Gasteiger partial charge in [0.15, 0.2) is 0 Å². The number of nitrogens with one attached hydrogen (secondary N) is 2. The van der Waals surface area contributed by atoms with Crippen molar-refractivity contribution in [2.24, 2.45) is 0 Å². The van der Waals surface area contributed by atoms with Crippen LogP contribution in [0.25, 0.3) is 6.08 Å². The fourth-order valence-corrected chi connectivity index (χ4v) is 3.58. The Morgan fingerprint density at radius 1 is 1.10 bits per heavy atom. The Kier molecular flexibility index (Phi) is 6.04. The minimum atomic E-state index is -3.83. The summed E-state index contributed by atoms with van der Waals surface area (Å²) in [5.41, 5.74) is 1.53. The normalized spacial score (nSPS) is 11.4. The molecule has 2 N–H and O–H groups in total. The maximum Gasteiger partial charge on any atom is 0.261 e. The van der Waals surface area contributed by atoms with E-state index < -0.39 is 15.9 Å². The standard InChI is InChI=1S/C21H20N2O5S/c1-15-5-11-19(29(25,26)23-16-6-8-17(27-2)9-7-16)14-20(15)22-21(24)12-10-18-4-3-13-28-18/h3-14,23H,1-2H3,(H,22,24). The third kappa shape index (κ3) is 5.26. The first-order valence-electron chi connectivity index (χ1n) is 8.67. The zero-order chi connectivity index (χ0) is 20.9. The maximum absolute atomic E-state index is 12.7. The van der Waals surface area contributed by atoms with Crippen LogP contribution in [0.1, 0.15) is 11.3 Å². The summed E-state index contributed by atoms with van der Waals surface area (Å²) >= 11 is 0. The van der Waals surface area contributed by atoms with Crippen molar-refractivity contribution in [1.82, 2.24) is 0 Å². The van der Waals surface area contributed by atoms with Gasteiger partial charge in [-0.3, -0.25) is 9.52 Å². The number of amides is 1. The lowest BCUT2D eigenvalue weighted by Crippen LogP contribution is -2.14. The Morgan fingerprint density at radius 2 is 1.86 bits per heavy atom. The molecule has 0 fully saturated rings. The highest BCUT2D eigenvalue weighted by molar-refractivity contribution is 7.92. The summed E-state index contributed by atoms with van der Waals surface area (Å²) in [6.45, 7) is 1.78. The lowest BCUT2D eigenvalue weighted by molar-refractivity contribution is -0.111. The molecule has 0 unspecified atom stereocenters. The Bertz CT molecular complexity index is 1120. The summed E-state index contributed by atoms with van der Waals surface area (Å²) in [6.07, 6.45) is 4.34. The molecule has 1 amide bonds. The summed E-state index contributed by atoms with van der Waals surface area (Å²) in [6, 6.07) is 14.5. The summed E-state index contributed by atoms with van der Waals surface area (Å²) in [5, 5.41) is 2.69. The van der Waals surface area contributed by atoms with Crippen LogP contribution in [0.2, 0.25) is 0 Å². The first-order chi connectivity index (χ1) is 13.9. The average Bonchev–Trinajstić information content (AvgIpc) is 3.22. The quantitative estimate of drug-likeness (QED) is 0.571. The number of ether oxygens (including phenoxy) is 1. The molecule has 0 saturated heterocycles. The van der Waals surface area contributed by atoms with Gasteiger partial charge in [0.1, 0.15) is 11.5 Å². The van der Waals surface area contributed by atoms with Crippen LogP contribution in [0, 0.1) is 6.92 Å². The molecular weight excluding hydrogens is 392 g/mol. The van der Waals surface area contributed by atoms with Gasteiger partial charge < -0.3 is 14.5 Å². The molecule has 7 nitrogen and oxygen atoms in total. The fraction of sp³-hybridized carbons (Fsp3) is 0.0952. The van der Waals surface area contributed by atoms with Crippen LogP contribution >= 0.6 is 0 Å². The van der Waals surface area contributed by atoms with Crippen molar-refractivity contribution >= 4 is 33.4 Å². The van der Waals surface area contributed by atoms with E-state index in [-0.39, 0.29) is 4.90 Å². The molecule has 0 aliphatic rings. The minimum Gasteiger partial charge on any atom is -0.497 e. The predicted molar refractivity (Wildman–Crippen MR) is 111 cm³/mol. The molecule has 0 aliphatic carbocycles. The number of sulfonamides is 1. The number of hydrogen-bond acceptors (Lipinski definition) is 5. The van der Waals surface area contributed by atoms with Gasteiger partial charge in [0.05, 0.1) is 18.3 Å². The number of carbonyl (C=O) groups is 1. The second-order valence-corrected chi connectivity index (χ2v) is 7.83. The highest BCUT2D eigenvalue weighted by Crippen LogP contribution is 2.23. The van der Waals surface area contributed by atoms with Crippen molar-refractivity contribution < 1.29 is 22.4 Å². The van der Waals surface area contributed by atoms with E-state index in [2.05, 4.69) is 10.0 Å². The van der Waals surface area contributed by atoms with E-state index in [0.29, 0.717) is 22.9 Å². The lowest BCUT2D eigenvalue weighted by atomic mass is 10.2. The summed E-state index contributed by atoms with van der Waals surface area (Å²) in [4.78, 5) is 12.2. The molecule has 29 heavy (non-hydrogen) atoms. The number of rotatable bonds is 7. The first kappa shape index (κ1) is 20.2. The Labute approximate surface area is 169 Å². The smallest absolute Gasteiger partial charge is 0.261 e. The highest BCUT2D eigenvalue weighted by atomic mass is 32.2. The summed E-state index contributed by atoms with van der Waals surface area (Å²) < 4.78 is 38.1. The highest BCUT2D eigenvalue weighted by Gasteiger charge is 2.16. The molecule has 0 saturated carbocycles. The molecule has 0 spiro atoms. The van der Waals surface area contributed by atoms with Crippen LogP contribution in [0.5, 0.6) is 5.75 Å². The van der Waals surface area contributed by atoms with Crippen LogP contribution in [-0.2, 0) is 14.8 Å². The molecule has 0 radical (unpaired) electrons. The number of furan rings is 1. The van der Waals surface area contributed by atoms with E-state index in [1.165, 1.54) is 37.7 Å².